The van der Waals surface area contributed by atoms with Crippen molar-refractivity contribution < 1.29 is 9.90 Å². The molecule has 102 valence electrons. The van der Waals surface area contributed by atoms with Gasteiger partial charge in [-0.15, -0.1) is 0 Å². The highest BCUT2D eigenvalue weighted by Gasteiger charge is 2.27. The Labute approximate surface area is 113 Å². The number of hydrogen-bond acceptors (Lipinski definition) is 1. The van der Waals surface area contributed by atoms with E-state index in [0.29, 0.717) is 0 Å². The molecule has 1 aromatic carbocycles. The zero-order valence-electron chi connectivity index (χ0n) is 12.0. The van der Waals surface area contributed by atoms with Crippen LogP contribution in [0.5, 0.6) is 0 Å². The van der Waals surface area contributed by atoms with Gasteiger partial charge in [0.05, 0.1) is 6.42 Å². The first-order chi connectivity index (χ1) is 8.85. The Morgan fingerprint density at radius 2 is 2.05 bits per heavy atom. The molecule has 1 heterocycles. The van der Waals surface area contributed by atoms with Gasteiger partial charge in [-0.25, -0.2) is 0 Å². The molecule has 0 fully saturated rings. The zero-order chi connectivity index (χ0) is 14.2. The van der Waals surface area contributed by atoms with Crippen LogP contribution in [0.2, 0.25) is 0 Å². The first-order valence-electron chi connectivity index (χ1n) is 6.65. The van der Waals surface area contributed by atoms with Crippen LogP contribution in [0, 0.1) is 0 Å². The molecule has 0 aliphatic heterocycles. The van der Waals surface area contributed by atoms with Crippen molar-refractivity contribution in [3.8, 4) is 0 Å². The molecule has 3 heteroatoms. The van der Waals surface area contributed by atoms with Gasteiger partial charge in [0.2, 0.25) is 0 Å². The summed E-state index contributed by atoms with van der Waals surface area (Å²) in [6, 6.07) is 6.44. The second-order valence-corrected chi connectivity index (χ2v) is 5.81. The van der Waals surface area contributed by atoms with Gasteiger partial charge in [-0.1, -0.05) is 26.8 Å². The Bertz CT molecular complexity index is 623. The number of aliphatic carboxylic acids is 1. The third kappa shape index (κ3) is 2.50. The lowest BCUT2D eigenvalue weighted by Gasteiger charge is -2.22. The largest absolute Gasteiger partial charge is 0.481 e. The monoisotopic (exact) mass is 259 g/mol. The summed E-state index contributed by atoms with van der Waals surface area (Å²) in [4.78, 5) is 11.0. The summed E-state index contributed by atoms with van der Waals surface area (Å²) in [5, 5.41) is 10.3. The molecule has 19 heavy (non-hydrogen) atoms. The lowest BCUT2D eigenvalue weighted by molar-refractivity contribution is -0.138. The summed E-state index contributed by atoms with van der Waals surface area (Å²) >= 11 is 0. The van der Waals surface area contributed by atoms with Crippen molar-refractivity contribution >= 4 is 16.9 Å². The Hall–Kier alpha value is -1.77. The van der Waals surface area contributed by atoms with E-state index in [4.69, 9.17) is 5.11 Å². The molecule has 0 radical (unpaired) electrons. The summed E-state index contributed by atoms with van der Waals surface area (Å²) in [6.45, 7) is 6.12. The topological polar surface area (TPSA) is 42.2 Å². The fourth-order valence-corrected chi connectivity index (χ4v) is 2.67. The van der Waals surface area contributed by atoms with Gasteiger partial charge < -0.3 is 9.67 Å². The molecule has 1 aromatic heterocycles. The van der Waals surface area contributed by atoms with Gasteiger partial charge in [0.15, 0.2) is 0 Å². The molecule has 0 unspecified atom stereocenters. The van der Waals surface area contributed by atoms with E-state index in [9.17, 15) is 4.79 Å². The van der Waals surface area contributed by atoms with Gasteiger partial charge in [-0.3, -0.25) is 4.79 Å². The minimum Gasteiger partial charge on any atom is -0.481 e. The predicted molar refractivity (Wildman–Crippen MR) is 77.6 cm³/mol. The summed E-state index contributed by atoms with van der Waals surface area (Å²) < 4.78 is 2.08. The van der Waals surface area contributed by atoms with E-state index < -0.39 is 5.97 Å². The number of fused-ring (bicyclic) bond motifs is 1. The van der Waals surface area contributed by atoms with Crippen LogP contribution in [-0.4, -0.2) is 15.6 Å². The molecule has 0 bridgehead atoms. The van der Waals surface area contributed by atoms with Crippen LogP contribution in [0.1, 0.15) is 38.3 Å². The van der Waals surface area contributed by atoms with Crippen molar-refractivity contribution in [3.63, 3.8) is 0 Å². The Balaban J connectivity index is 2.62. The first-order valence-corrected chi connectivity index (χ1v) is 6.65. The van der Waals surface area contributed by atoms with Gasteiger partial charge in [0.25, 0.3) is 0 Å². The van der Waals surface area contributed by atoms with Gasteiger partial charge >= 0.3 is 5.97 Å². The van der Waals surface area contributed by atoms with Crippen LogP contribution < -0.4 is 0 Å². The number of rotatable bonds is 4. The maximum Gasteiger partial charge on any atom is 0.304 e. The van der Waals surface area contributed by atoms with Crippen molar-refractivity contribution in [3.05, 3.63) is 35.5 Å². The van der Waals surface area contributed by atoms with Crippen LogP contribution in [-0.2, 0) is 23.7 Å². The Morgan fingerprint density at radius 1 is 1.37 bits per heavy atom. The number of nitrogens with zero attached hydrogens (tertiary/aromatic N) is 1. The number of hydrogen-bond donors (Lipinski definition) is 1. The highest BCUT2D eigenvalue weighted by Crippen LogP contribution is 2.34. The van der Waals surface area contributed by atoms with E-state index in [1.807, 2.05) is 20.9 Å². The molecule has 2 rings (SSSR count). The summed E-state index contributed by atoms with van der Waals surface area (Å²) in [5.74, 6) is -0.756. The predicted octanol–water partition coefficient (Wildman–Crippen LogP) is 3.49. The molecule has 0 aliphatic carbocycles. The van der Waals surface area contributed by atoms with Crippen molar-refractivity contribution in [2.24, 2.45) is 7.05 Å². The minimum absolute atomic E-state index is 0.141. The molecule has 0 saturated heterocycles. The second kappa shape index (κ2) is 4.72. The van der Waals surface area contributed by atoms with E-state index in [-0.39, 0.29) is 11.8 Å². The van der Waals surface area contributed by atoms with Crippen LogP contribution in [0.3, 0.4) is 0 Å². The van der Waals surface area contributed by atoms with E-state index in [0.717, 1.165) is 17.5 Å². The average Bonchev–Trinajstić information content (AvgIpc) is 2.65. The number of aryl methyl sites for hydroxylation is 2. The van der Waals surface area contributed by atoms with Gasteiger partial charge in [-0.2, -0.15) is 0 Å². The van der Waals surface area contributed by atoms with E-state index in [1.54, 1.807) is 0 Å². The Morgan fingerprint density at radius 3 is 2.63 bits per heavy atom. The molecule has 2 aromatic rings. The molecule has 0 spiro atoms. The van der Waals surface area contributed by atoms with Crippen LogP contribution in [0.4, 0.5) is 0 Å². The maximum absolute atomic E-state index is 11.0. The van der Waals surface area contributed by atoms with Crippen LogP contribution >= 0.6 is 0 Å². The highest BCUT2D eigenvalue weighted by molar-refractivity contribution is 5.86. The van der Waals surface area contributed by atoms with E-state index in [2.05, 4.69) is 35.9 Å². The van der Waals surface area contributed by atoms with Gasteiger partial charge in [-0.05, 0) is 29.7 Å². The Kier molecular flexibility index (Phi) is 3.40. The van der Waals surface area contributed by atoms with E-state index >= 15 is 0 Å². The number of aromatic nitrogens is 1. The van der Waals surface area contributed by atoms with Gasteiger partial charge in [0.1, 0.15) is 0 Å². The normalized spacial score (nSPS) is 12.0. The average molecular weight is 259 g/mol. The number of carbonyl (C=O) groups is 1. The summed E-state index contributed by atoms with van der Waals surface area (Å²) in [7, 11) is 2.01. The van der Waals surface area contributed by atoms with Crippen molar-refractivity contribution in [2.75, 3.05) is 0 Å². The molecule has 1 N–H and O–H groups in total. The SMILES string of the molecule is CCc1ccc2c(c1)c(C(C)(C)CC(=O)O)cn2C. The molecule has 0 aliphatic rings. The summed E-state index contributed by atoms with van der Waals surface area (Å²) in [6.07, 6.45) is 3.19. The van der Waals surface area contributed by atoms with Crippen LogP contribution in [0.25, 0.3) is 10.9 Å². The number of carboxylic acids is 1. The molecule has 0 atom stereocenters. The third-order valence-corrected chi connectivity index (χ3v) is 3.78. The lowest BCUT2D eigenvalue weighted by atomic mass is 9.81. The second-order valence-electron chi connectivity index (χ2n) is 5.81. The fraction of sp³-hybridized carbons (Fsp3) is 0.438. The molecular formula is C16H21NO2. The smallest absolute Gasteiger partial charge is 0.304 e. The lowest BCUT2D eigenvalue weighted by Crippen LogP contribution is -2.21. The molecular weight excluding hydrogens is 238 g/mol. The fourth-order valence-electron chi connectivity index (χ4n) is 2.67. The number of carboxylic acid groups (broad SMARTS) is 1. The van der Waals surface area contributed by atoms with E-state index in [1.165, 1.54) is 10.9 Å². The zero-order valence-corrected chi connectivity index (χ0v) is 12.0. The minimum atomic E-state index is -0.756. The molecule has 0 amide bonds. The standard InChI is InChI=1S/C16H21NO2/c1-5-11-6-7-14-12(8-11)13(10-17(14)4)16(2,3)9-15(18)19/h6-8,10H,5,9H2,1-4H3,(H,18,19). The third-order valence-electron chi connectivity index (χ3n) is 3.78. The van der Waals surface area contributed by atoms with Crippen LogP contribution in [0.15, 0.2) is 24.4 Å². The first kappa shape index (κ1) is 13.7. The highest BCUT2D eigenvalue weighted by atomic mass is 16.4. The van der Waals surface area contributed by atoms with Gasteiger partial charge in [0, 0.05) is 29.6 Å². The number of benzene rings is 1. The van der Waals surface area contributed by atoms with Crippen molar-refractivity contribution in [2.45, 2.75) is 39.0 Å². The quantitative estimate of drug-likeness (QED) is 0.913. The summed E-state index contributed by atoms with van der Waals surface area (Å²) in [5.41, 5.74) is 3.19. The molecule has 0 saturated carbocycles. The van der Waals surface area contributed by atoms with Crippen molar-refractivity contribution in [1.82, 2.24) is 4.57 Å². The maximum atomic E-state index is 11.0. The molecule has 3 nitrogen and oxygen atoms in total. The van der Waals surface area contributed by atoms with Crippen molar-refractivity contribution in [1.29, 1.82) is 0 Å².